The molecule has 0 radical (unpaired) electrons. The van der Waals surface area contributed by atoms with Crippen LogP contribution < -0.4 is 5.32 Å². The summed E-state index contributed by atoms with van der Waals surface area (Å²) in [5, 5.41) is 10.1. The second-order valence-electron chi connectivity index (χ2n) is 6.84. The van der Waals surface area contributed by atoms with Crippen molar-refractivity contribution in [3.63, 3.8) is 0 Å². The molecule has 1 saturated heterocycles. The van der Waals surface area contributed by atoms with E-state index < -0.39 is 0 Å². The zero-order valence-corrected chi connectivity index (χ0v) is 16.9. The van der Waals surface area contributed by atoms with E-state index in [0.717, 1.165) is 11.1 Å². The lowest BCUT2D eigenvalue weighted by Gasteiger charge is -2.31. The Kier molecular flexibility index (Phi) is 6.45. The highest BCUT2D eigenvalue weighted by molar-refractivity contribution is 7.71. The van der Waals surface area contributed by atoms with E-state index >= 15 is 0 Å². The number of carbonyl (C=O) groups is 2. The molecule has 0 bridgehead atoms. The van der Waals surface area contributed by atoms with Gasteiger partial charge in [-0.15, -0.1) is 0 Å². The Morgan fingerprint density at radius 3 is 2.79 bits per heavy atom. The summed E-state index contributed by atoms with van der Waals surface area (Å²) in [4.78, 5) is 26.0. The number of aryl methyl sites for hydroxylation is 1. The van der Waals surface area contributed by atoms with Crippen molar-refractivity contribution in [3.05, 3.63) is 34.6 Å². The lowest BCUT2D eigenvalue weighted by atomic mass is 10.1. The zero-order valence-electron chi connectivity index (χ0n) is 16.1. The summed E-state index contributed by atoms with van der Waals surface area (Å²) < 4.78 is 7.13. The van der Waals surface area contributed by atoms with Crippen molar-refractivity contribution in [2.45, 2.75) is 39.3 Å². The van der Waals surface area contributed by atoms with Crippen LogP contribution in [-0.4, -0.2) is 57.4 Å². The summed E-state index contributed by atoms with van der Waals surface area (Å²) in [6.45, 7) is 5.40. The molecule has 0 atom stereocenters. The monoisotopic (exact) mass is 403 g/mol. The summed E-state index contributed by atoms with van der Waals surface area (Å²) in [6.07, 6.45) is 1.11. The number of ether oxygens (including phenoxy) is 1. The van der Waals surface area contributed by atoms with E-state index in [-0.39, 0.29) is 24.6 Å². The predicted octanol–water partition coefficient (Wildman–Crippen LogP) is 2.65. The van der Waals surface area contributed by atoms with Crippen LogP contribution in [0.1, 0.15) is 25.3 Å². The number of hydrogen-bond acceptors (Lipinski definition) is 5. The van der Waals surface area contributed by atoms with Crippen molar-refractivity contribution in [3.8, 4) is 11.4 Å². The minimum Gasteiger partial charge on any atom is -0.450 e. The number of piperidine rings is 1. The molecule has 28 heavy (non-hydrogen) atoms. The fourth-order valence-corrected chi connectivity index (χ4v) is 3.50. The fraction of sp³-hybridized carbons (Fsp3) is 0.474. The van der Waals surface area contributed by atoms with Crippen molar-refractivity contribution in [1.29, 1.82) is 0 Å². The zero-order chi connectivity index (χ0) is 20.1. The first-order valence-electron chi connectivity index (χ1n) is 9.41. The van der Waals surface area contributed by atoms with Crippen LogP contribution >= 0.6 is 12.2 Å². The van der Waals surface area contributed by atoms with Gasteiger partial charge in [-0.05, 0) is 45.0 Å². The van der Waals surface area contributed by atoms with Gasteiger partial charge in [0, 0.05) is 24.7 Å². The molecule has 2 aromatic rings. The van der Waals surface area contributed by atoms with E-state index in [0.29, 0.717) is 43.1 Å². The molecule has 0 unspecified atom stereocenters. The van der Waals surface area contributed by atoms with Crippen LogP contribution in [0.15, 0.2) is 24.3 Å². The predicted molar refractivity (Wildman–Crippen MR) is 107 cm³/mol. The molecular weight excluding hydrogens is 378 g/mol. The molecule has 150 valence electrons. The number of likely N-dealkylation sites (tertiary alicyclic amines) is 1. The first kappa shape index (κ1) is 20.1. The maximum Gasteiger partial charge on any atom is 0.409 e. The third-order valence-corrected chi connectivity index (χ3v) is 5.03. The molecule has 0 aliphatic carbocycles. The molecule has 2 N–H and O–H groups in total. The molecular formula is C19H25N5O3S. The molecule has 3 rings (SSSR count). The Hall–Kier alpha value is -2.68. The molecule has 2 heterocycles. The average molecular weight is 404 g/mol. The molecule has 0 saturated carbocycles. The number of carbonyl (C=O) groups excluding carboxylic acids is 2. The highest BCUT2D eigenvalue weighted by atomic mass is 32.1. The summed E-state index contributed by atoms with van der Waals surface area (Å²) in [5.41, 5.74) is 2.01. The molecule has 1 aromatic heterocycles. The lowest BCUT2D eigenvalue weighted by molar-refractivity contribution is -0.122. The van der Waals surface area contributed by atoms with E-state index in [1.54, 1.807) is 16.4 Å². The normalized spacial score (nSPS) is 14.7. The standard InChI is InChI=1S/C19H25N5O3S/c1-3-27-19(26)23-9-7-15(8-10-23)20-16(25)12-24-17(21-22-18(24)28)14-6-4-5-13(2)11-14/h4-6,11,15H,3,7-10,12H2,1-2H3,(H,20,25)(H,22,28). The molecule has 1 fully saturated rings. The maximum atomic E-state index is 12.6. The van der Waals surface area contributed by atoms with Gasteiger partial charge in [0.2, 0.25) is 5.91 Å². The van der Waals surface area contributed by atoms with Gasteiger partial charge in [-0.3, -0.25) is 14.5 Å². The number of amides is 2. The second-order valence-corrected chi connectivity index (χ2v) is 7.22. The summed E-state index contributed by atoms with van der Waals surface area (Å²) >= 11 is 5.30. The number of H-pyrrole nitrogens is 1. The number of aromatic amines is 1. The fourth-order valence-electron chi connectivity index (χ4n) is 3.31. The summed E-state index contributed by atoms with van der Waals surface area (Å²) in [6, 6.07) is 7.93. The molecule has 0 spiro atoms. The first-order chi connectivity index (χ1) is 13.5. The number of hydrogen-bond donors (Lipinski definition) is 2. The van der Waals surface area contributed by atoms with Crippen molar-refractivity contribution in [1.82, 2.24) is 25.0 Å². The average Bonchev–Trinajstić information content (AvgIpc) is 3.03. The Morgan fingerprint density at radius 1 is 1.36 bits per heavy atom. The lowest BCUT2D eigenvalue weighted by Crippen LogP contribution is -2.47. The Bertz CT molecular complexity index is 899. The van der Waals surface area contributed by atoms with Gasteiger partial charge in [-0.2, -0.15) is 5.10 Å². The van der Waals surface area contributed by atoms with Crippen LogP contribution in [0.4, 0.5) is 4.79 Å². The second kappa shape index (κ2) is 9.01. The Labute approximate surface area is 168 Å². The highest BCUT2D eigenvalue weighted by Gasteiger charge is 2.25. The Balaban J connectivity index is 1.60. The number of rotatable bonds is 5. The van der Waals surface area contributed by atoms with Crippen LogP contribution in [0.3, 0.4) is 0 Å². The van der Waals surface area contributed by atoms with Crippen LogP contribution in [0.25, 0.3) is 11.4 Å². The first-order valence-corrected chi connectivity index (χ1v) is 9.82. The van der Waals surface area contributed by atoms with E-state index in [2.05, 4.69) is 15.5 Å². The molecule has 8 nitrogen and oxygen atoms in total. The van der Waals surface area contributed by atoms with Crippen molar-refractivity contribution in [2.75, 3.05) is 19.7 Å². The molecule has 1 aliphatic rings. The SMILES string of the molecule is CCOC(=O)N1CCC(NC(=O)Cn2c(-c3cccc(C)c3)n[nH]c2=S)CC1. The van der Waals surface area contributed by atoms with Crippen LogP contribution in [-0.2, 0) is 16.1 Å². The van der Waals surface area contributed by atoms with Gasteiger partial charge < -0.3 is 15.0 Å². The largest absolute Gasteiger partial charge is 0.450 e. The van der Waals surface area contributed by atoms with Gasteiger partial charge in [0.1, 0.15) is 6.54 Å². The maximum absolute atomic E-state index is 12.6. The molecule has 1 aromatic carbocycles. The highest BCUT2D eigenvalue weighted by Crippen LogP contribution is 2.18. The van der Waals surface area contributed by atoms with Crippen LogP contribution in [0.5, 0.6) is 0 Å². The van der Waals surface area contributed by atoms with Gasteiger partial charge in [0.15, 0.2) is 10.6 Å². The van der Waals surface area contributed by atoms with E-state index in [1.807, 2.05) is 31.2 Å². The Morgan fingerprint density at radius 2 is 2.11 bits per heavy atom. The summed E-state index contributed by atoms with van der Waals surface area (Å²) in [7, 11) is 0. The topological polar surface area (TPSA) is 92.2 Å². The number of benzene rings is 1. The molecule has 2 amide bonds. The van der Waals surface area contributed by atoms with E-state index in [9.17, 15) is 9.59 Å². The summed E-state index contributed by atoms with van der Waals surface area (Å²) in [5.74, 6) is 0.516. The molecule has 1 aliphatic heterocycles. The number of nitrogens with zero attached hydrogens (tertiary/aromatic N) is 3. The van der Waals surface area contributed by atoms with Crippen molar-refractivity contribution >= 4 is 24.2 Å². The van der Waals surface area contributed by atoms with Crippen molar-refractivity contribution in [2.24, 2.45) is 0 Å². The van der Waals surface area contributed by atoms with Crippen molar-refractivity contribution < 1.29 is 14.3 Å². The van der Waals surface area contributed by atoms with Gasteiger partial charge >= 0.3 is 6.09 Å². The minimum atomic E-state index is -0.292. The van der Waals surface area contributed by atoms with E-state index in [1.165, 1.54) is 0 Å². The van der Waals surface area contributed by atoms with E-state index in [4.69, 9.17) is 17.0 Å². The van der Waals surface area contributed by atoms with Gasteiger partial charge in [0.25, 0.3) is 0 Å². The number of nitrogens with one attached hydrogen (secondary N) is 2. The minimum absolute atomic E-state index is 0.0293. The van der Waals surface area contributed by atoms with Gasteiger partial charge in [-0.1, -0.05) is 23.8 Å². The van der Waals surface area contributed by atoms with Gasteiger partial charge in [0.05, 0.1) is 6.61 Å². The number of aromatic nitrogens is 3. The third-order valence-electron chi connectivity index (χ3n) is 4.72. The quantitative estimate of drug-likeness (QED) is 0.749. The molecule has 9 heteroatoms. The van der Waals surface area contributed by atoms with Crippen LogP contribution in [0.2, 0.25) is 0 Å². The van der Waals surface area contributed by atoms with Crippen LogP contribution in [0, 0.1) is 11.7 Å². The third kappa shape index (κ3) is 4.78. The van der Waals surface area contributed by atoms with Gasteiger partial charge in [-0.25, -0.2) is 4.79 Å². The smallest absolute Gasteiger partial charge is 0.409 e.